The first-order valence-corrected chi connectivity index (χ1v) is 4.13. The summed E-state index contributed by atoms with van der Waals surface area (Å²) in [6.07, 6.45) is 5.61. The Morgan fingerprint density at radius 2 is 2.08 bits per heavy atom. The van der Waals surface area contributed by atoms with Gasteiger partial charge in [0.25, 0.3) is 0 Å². The molecule has 3 heteroatoms. The molecule has 0 aromatic carbocycles. The molecule has 2 heterocycles. The van der Waals surface area contributed by atoms with Crippen LogP contribution >= 0.6 is 0 Å². The fourth-order valence-electron chi connectivity index (χ4n) is 1.27. The van der Waals surface area contributed by atoms with E-state index in [1.165, 1.54) is 0 Å². The van der Waals surface area contributed by atoms with E-state index in [9.17, 15) is 4.79 Å². The molecule has 0 radical (unpaired) electrons. The second kappa shape index (κ2) is 3.31. The average molecular weight is 174 g/mol. The van der Waals surface area contributed by atoms with Gasteiger partial charge in [-0.05, 0) is 23.8 Å². The number of nitrogens with zero attached hydrogens (tertiary/aromatic N) is 1. The molecule has 0 atom stereocenters. The molecule has 0 spiro atoms. The van der Waals surface area contributed by atoms with E-state index in [1.54, 1.807) is 12.3 Å². The molecular weight excluding hydrogens is 164 g/mol. The molecule has 13 heavy (non-hydrogen) atoms. The lowest BCUT2D eigenvalue weighted by Crippen LogP contribution is -2.06. The molecular formula is C10H10N2O. The number of H-pyrrole nitrogens is 1. The molecule has 0 unspecified atom stereocenters. The van der Waals surface area contributed by atoms with Crippen LogP contribution in [0.4, 0.5) is 0 Å². The number of pyridine rings is 1. The number of aromatic amines is 1. The van der Waals surface area contributed by atoms with Gasteiger partial charge >= 0.3 is 0 Å². The van der Waals surface area contributed by atoms with E-state index in [2.05, 4.69) is 4.98 Å². The zero-order chi connectivity index (χ0) is 9.10. The van der Waals surface area contributed by atoms with Gasteiger partial charge in [-0.3, -0.25) is 4.79 Å². The van der Waals surface area contributed by atoms with Crippen molar-refractivity contribution in [2.24, 2.45) is 0 Å². The summed E-state index contributed by atoms with van der Waals surface area (Å²) in [6, 6.07) is 7.45. The summed E-state index contributed by atoms with van der Waals surface area (Å²) in [7, 11) is 0. The standard InChI is InChI=1S/C10H10N2O/c13-10-7-9(3-4-11-10)8-12-5-1-2-6-12/h1-7H,8H2,(H,11,13). The molecule has 0 amide bonds. The maximum atomic E-state index is 11.0. The summed E-state index contributed by atoms with van der Waals surface area (Å²) in [4.78, 5) is 13.5. The Balaban J connectivity index is 2.24. The van der Waals surface area contributed by atoms with Gasteiger partial charge in [0, 0.05) is 31.2 Å². The third-order valence-corrected chi connectivity index (χ3v) is 1.87. The van der Waals surface area contributed by atoms with Gasteiger partial charge in [0.2, 0.25) is 5.56 Å². The van der Waals surface area contributed by atoms with E-state index in [4.69, 9.17) is 0 Å². The maximum Gasteiger partial charge on any atom is 0.248 e. The van der Waals surface area contributed by atoms with Crippen molar-refractivity contribution >= 4 is 0 Å². The van der Waals surface area contributed by atoms with Gasteiger partial charge in [-0.2, -0.15) is 0 Å². The van der Waals surface area contributed by atoms with Gasteiger partial charge in [0.1, 0.15) is 0 Å². The first kappa shape index (κ1) is 7.86. The average Bonchev–Trinajstić information content (AvgIpc) is 2.57. The Labute approximate surface area is 75.7 Å². The first-order chi connectivity index (χ1) is 6.34. The van der Waals surface area contributed by atoms with Crippen molar-refractivity contribution in [3.05, 3.63) is 58.8 Å². The quantitative estimate of drug-likeness (QED) is 0.730. The fraction of sp³-hybridized carbons (Fsp3) is 0.100. The molecule has 2 aromatic heterocycles. The highest BCUT2D eigenvalue weighted by Crippen LogP contribution is 1.98. The Kier molecular flexibility index (Phi) is 2.00. The minimum absolute atomic E-state index is 0.0512. The van der Waals surface area contributed by atoms with E-state index in [-0.39, 0.29) is 5.56 Å². The third-order valence-electron chi connectivity index (χ3n) is 1.87. The van der Waals surface area contributed by atoms with Crippen molar-refractivity contribution in [3.63, 3.8) is 0 Å². The summed E-state index contributed by atoms with van der Waals surface area (Å²) in [5, 5.41) is 0. The van der Waals surface area contributed by atoms with E-state index in [0.717, 1.165) is 12.1 Å². The molecule has 0 aliphatic carbocycles. The molecule has 66 valence electrons. The van der Waals surface area contributed by atoms with Crippen molar-refractivity contribution in [2.75, 3.05) is 0 Å². The maximum absolute atomic E-state index is 11.0. The SMILES string of the molecule is O=c1cc(Cn2cccc2)cc[nH]1. The van der Waals surface area contributed by atoms with Crippen LogP contribution in [-0.4, -0.2) is 9.55 Å². The van der Waals surface area contributed by atoms with Crippen molar-refractivity contribution in [2.45, 2.75) is 6.54 Å². The van der Waals surface area contributed by atoms with E-state index >= 15 is 0 Å². The van der Waals surface area contributed by atoms with E-state index < -0.39 is 0 Å². The summed E-state index contributed by atoms with van der Waals surface area (Å²) >= 11 is 0. The van der Waals surface area contributed by atoms with Crippen molar-refractivity contribution in [1.82, 2.24) is 9.55 Å². The molecule has 0 fully saturated rings. The minimum Gasteiger partial charge on any atom is -0.350 e. The van der Waals surface area contributed by atoms with Crippen molar-refractivity contribution in [3.8, 4) is 0 Å². The summed E-state index contributed by atoms with van der Waals surface area (Å²) in [5.74, 6) is 0. The Bertz CT molecular complexity index is 428. The molecule has 0 bridgehead atoms. The van der Waals surface area contributed by atoms with Crippen LogP contribution in [0.15, 0.2) is 47.7 Å². The third kappa shape index (κ3) is 1.87. The Morgan fingerprint density at radius 1 is 1.31 bits per heavy atom. The zero-order valence-corrected chi connectivity index (χ0v) is 7.10. The van der Waals surface area contributed by atoms with Crippen molar-refractivity contribution < 1.29 is 0 Å². The van der Waals surface area contributed by atoms with Crippen LogP contribution in [-0.2, 0) is 6.54 Å². The van der Waals surface area contributed by atoms with Crippen LogP contribution in [0.2, 0.25) is 0 Å². The predicted molar refractivity (Wildman–Crippen MR) is 50.6 cm³/mol. The lowest BCUT2D eigenvalue weighted by molar-refractivity contribution is 0.803. The van der Waals surface area contributed by atoms with Gasteiger partial charge < -0.3 is 9.55 Å². The number of rotatable bonds is 2. The number of hydrogen-bond donors (Lipinski definition) is 1. The summed E-state index contributed by atoms with van der Waals surface area (Å²) in [6.45, 7) is 0.747. The number of hydrogen-bond acceptors (Lipinski definition) is 1. The normalized spacial score (nSPS) is 10.2. The Hall–Kier alpha value is -1.77. The van der Waals surface area contributed by atoms with Gasteiger partial charge in [-0.1, -0.05) is 0 Å². The van der Waals surface area contributed by atoms with Crippen LogP contribution in [0, 0.1) is 0 Å². The molecule has 0 saturated heterocycles. The zero-order valence-electron chi connectivity index (χ0n) is 7.10. The first-order valence-electron chi connectivity index (χ1n) is 4.13. The van der Waals surface area contributed by atoms with Gasteiger partial charge in [-0.25, -0.2) is 0 Å². The molecule has 0 saturated carbocycles. The predicted octanol–water partition coefficient (Wildman–Crippen LogP) is 1.22. The number of nitrogens with one attached hydrogen (secondary N) is 1. The van der Waals surface area contributed by atoms with E-state index in [1.807, 2.05) is 35.2 Å². The molecule has 2 rings (SSSR count). The largest absolute Gasteiger partial charge is 0.350 e. The van der Waals surface area contributed by atoms with Crippen LogP contribution in [0.1, 0.15) is 5.56 Å². The van der Waals surface area contributed by atoms with Crippen molar-refractivity contribution in [1.29, 1.82) is 0 Å². The molecule has 0 aliphatic heterocycles. The molecule has 1 N–H and O–H groups in total. The molecule has 3 nitrogen and oxygen atoms in total. The number of aromatic nitrogens is 2. The van der Waals surface area contributed by atoms with Gasteiger partial charge in [-0.15, -0.1) is 0 Å². The van der Waals surface area contributed by atoms with Crippen LogP contribution in [0.5, 0.6) is 0 Å². The molecule has 2 aromatic rings. The van der Waals surface area contributed by atoms with E-state index in [0.29, 0.717) is 0 Å². The second-order valence-corrected chi connectivity index (χ2v) is 2.92. The topological polar surface area (TPSA) is 37.8 Å². The van der Waals surface area contributed by atoms with Crippen LogP contribution < -0.4 is 5.56 Å². The minimum atomic E-state index is -0.0512. The lowest BCUT2D eigenvalue weighted by atomic mass is 10.3. The highest BCUT2D eigenvalue weighted by atomic mass is 16.1. The monoisotopic (exact) mass is 174 g/mol. The smallest absolute Gasteiger partial charge is 0.248 e. The van der Waals surface area contributed by atoms with Crippen LogP contribution in [0.3, 0.4) is 0 Å². The summed E-state index contributed by atoms with van der Waals surface area (Å²) < 4.78 is 2.02. The van der Waals surface area contributed by atoms with Crippen LogP contribution in [0.25, 0.3) is 0 Å². The summed E-state index contributed by atoms with van der Waals surface area (Å²) in [5.41, 5.74) is 0.963. The fourth-order valence-corrected chi connectivity index (χ4v) is 1.27. The lowest BCUT2D eigenvalue weighted by Gasteiger charge is -2.01. The second-order valence-electron chi connectivity index (χ2n) is 2.92. The Morgan fingerprint density at radius 3 is 2.77 bits per heavy atom. The molecule has 0 aliphatic rings. The van der Waals surface area contributed by atoms with Gasteiger partial charge in [0.15, 0.2) is 0 Å². The highest BCUT2D eigenvalue weighted by Gasteiger charge is 1.93. The van der Waals surface area contributed by atoms with Gasteiger partial charge in [0.05, 0.1) is 0 Å². The highest BCUT2D eigenvalue weighted by molar-refractivity contribution is 5.11.